The summed E-state index contributed by atoms with van der Waals surface area (Å²) in [6.07, 6.45) is 3.55. The lowest BCUT2D eigenvalue weighted by atomic mass is 10.0. The number of anilines is 1. The molecule has 162 valence electrons. The Hall–Kier alpha value is -3.72. The fourth-order valence-electron chi connectivity index (χ4n) is 4.19. The molecule has 8 nitrogen and oxygen atoms in total. The van der Waals surface area contributed by atoms with E-state index in [0.29, 0.717) is 41.7 Å². The molecule has 1 amide bonds. The predicted octanol–water partition coefficient (Wildman–Crippen LogP) is 2.72. The van der Waals surface area contributed by atoms with E-state index in [2.05, 4.69) is 20.1 Å². The lowest BCUT2D eigenvalue weighted by Gasteiger charge is -2.37. The summed E-state index contributed by atoms with van der Waals surface area (Å²) in [7, 11) is 0. The minimum absolute atomic E-state index is 0.0423. The number of H-pyrrole nitrogens is 2. The molecule has 4 heterocycles. The quantitative estimate of drug-likeness (QED) is 0.471. The maximum Gasteiger partial charge on any atom is 0.274 e. The van der Waals surface area contributed by atoms with Crippen LogP contribution in [0, 0.1) is 4.64 Å². The third kappa shape index (κ3) is 3.60. The van der Waals surface area contributed by atoms with Crippen molar-refractivity contribution in [2.45, 2.75) is 6.04 Å². The number of aromatic nitrogens is 4. The van der Waals surface area contributed by atoms with Crippen molar-refractivity contribution in [3.8, 4) is 0 Å². The monoisotopic (exact) mass is 446 g/mol. The third-order valence-electron chi connectivity index (χ3n) is 5.85. The summed E-state index contributed by atoms with van der Waals surface area (Å²) in [4.78, 5) is 34.5. The molecule has 3 aromatic heterocycles. The van der Waals surface area contributed by atoms with Crippen LogP contribution in [0.25, 0.3) is 10.9 Å². The van der Waals surface area contributed by atoms with Crippen molar-refractivity contribution in [2.75, 3.05) is 31.1 Å². The lowest BCUT2D eigenvalue weighted by Crippen LogP contribution is -2.51. The van der Waals surface area contributed by atoms with Crippen LogP contribution in [0.2, 0.25) is 0 Å². The second kappa shape index (κ2) is 8.43. The van der Waals surface area contributed by atoms with Crippen LogP contribution in [0.4, 0.5) is 5.82 Å². The second-order valence-electron chi connectivity index (χ2n) is 7.71. The summed E-state index contributed by atoms with van der Waals surface area (Å²) in [6.45, 7) is 2.57. The summed E-state index contributed by atoms with van der Waals surface area (Å²) in [5.74, 6) is 0.873. The Morgan fingerprint density at radius 1 is 0.969 bits per heavy atom. The normalized spacial score (nSPS) is 15.1. The van der Waals surface area contributed by atoms with Crippen molar-refractivity contribution in [1.82, 2.24) is 24.6 Å². The van der Waals surface area contributed by atoms with E-state index < -0.39 is 6.04 Å². The number of nitrogens with zero attached hydrogens (tertiary/aromatic N) is 4. The zero-order chi connectivity index (χ0) is 22.1. The first-order valence-electron chi connectivity index (χ1n) is 10.4. The van der Waals surface area contributed by atoms with Crippen LogP contribution < -0.4 is 10.5 Å². The van der Waals surface area contributed by atoms with E-state index in [1.165, 1.54) is 0 Å². The third-order valence-corrected chi connectivity index (χ3v) is 6.26. The molecule has 32 heavy (non-hydrogen) atoms. The highest BCUT2D eigenvalue weighted by Gasteiger charge is 2.30. The van der Waals surface area contributed by atoms with Crippen LogP contribution in [-0.2, 0) is 4.79 Å². The van der Waals surface area contributed by atoms with Gasteiger partial charge in [0.25, 0.3) is 5.56 Å². The van der Waals surface area contributed by atoms with Gasteiger partial charge in [0.1, 0.15) is 21.9 Å². The molecule has 0 spiro atoms. The Morgan fingerprint density at radius 3 is 2.44 bits per heavy atom. The van der Waals surface area contributed by atoms with Gasteiger partial charge in [0.05, 0.1) is 5.52 Å². The highest BCUT2D eigenvalue weighted by Crippen LogP contribution is 2.25. The number of nitrogens with one attached hydrogen (secondary N) is 2. The Bertz CT molecular complexity index is 1350. The van der Waals surface area contributed by atoms with Gasteiger partial charge >= 0.3 is 0 Å². The van der Waals surface area contributed by atoms with E-state index in [1.54, 1.807) is 23.0 Å². The number of rotatable bonds is 4. The molecule has 0 aliphatic carbocycles. The van der Waals surface area contributed by atoms with Crippen LogP contribution in [0.15, 0.2) is 71.8 Å². The van der Waals surface area contributed by atoms with Gasteiger partial charge in [0.2, 0.25) is 5.91 Å². The zero-order valence-corrected chi connectivity index (χ0v) is 18.1. The van der Waals surface area contributed by atoms with Gasteiger partial charge < -0.3 is 14.4 Å². The number of hydrogen-bond donors (Lipinski definition) is 2. The number of carbonyl (C=O) groups excluding carboxylic acids is 1. The Morgan fingerprint density at radius 2 is 1.72 bits per heavy atom. The summed E-state index contributed by atoms with van der Waals surface area (Å²) < 4.78 is 2.06. The topological polar surface area (TPSA) is 90.0 Å². The highest BCUT2D eigenvalue weighted by molar-refractivity contribution is 7.71. The van der Waals surface area contributed by atoms with Gasteiger partial charge in [-0.15, -0.1) is 0 Å². The van der Waals surface area contributed by atoms with Gasteiger partial charge in [-0.2, -0.15) is 0 Å². The smallest absolute Gasteiger partial charge is 0.274 e. The number of fused-ring (bicyclic) bond motifs is 1. The number of piperazine rings is 1. The van der Waals surface area contributed by atoms with Crippen molar-refractivity contribution in [1.29, 1.82) is 0 Å². The van der Waals surface area contributed by atoms with Gasteiger partial charge in [-0.1, -0.05) is 48.6 Å². The molecule has 1 unspecified atom stereocenters. The maximum atomic E-state index is 13.8. The minimum atomic E-state index is -0.649. The average molecular weight is 447 g/mol. The van der Waals surface area contributed by atoms with Crippen molar-refractivity contribution in [3.63, 3.8) is 0 Å². The number of benzene rings is 1. The first-order chi connectivity index (χ1) is 15.6. The molecule has 0 radical (unpaired) electrons. The molecule has 9 heteroatoms. The first-order valence-corrected chi connectivity index (χ1v) is 10.9. The summed E-state index contributed by atoms with van der Waals surface area (Å²) in [6, 6.07) is 16.5. The number of aromatic amines is 2. The van der Waals surface area contributed by atoms with Crippen LogP contribution >= 0.6 is 12.2 Å². The molecule has 2 N–H and O–H groups in total. The molecule has 1 saturated heterocycles. The number of pyridine rings is 2. The van der Waals surface area contributed by atoms with Gasteiger partial charge in [0, 0.05) is 38.6 Å². The summed E-state index contributed by atoms with van der Waals surface area (Å²) >= 11 is 5.65. The van der Waals surface area contributed by atoms with Crippen molar-refractivity contribution < 1.29 is 4.79 Å². The highest BCUT2D eigenvalue weighted by atomic mass is 32.1. The average Bonchev–Trinajstić information content (AvgIpc) is 3.23. The molecule has 0 bridgehead atoms. The van der Waals surface area contributed by atoms with Gasteiger partial charge in [-0.3, -0.25) is 19.8 Å². The van der Waals surface area contributed by atoms with Crippen LogP contribution in [0.3, 0.4) is 0 Å². The Labute approximate surface area is 189 Å². The molecule has 4 aromatic rings. The van der Waals surface area contributed by atoms with E-state index in [9.17, 15) is 9.59 Å². The van der Waals surface area contributed by atoms with E-state index in [4.69, 9.17) is 12.2 Å². The van der Waals surface area contributed by atoms with Crippen LogP contribution in [-0.4, -0.2) is 56.7 Å². The summed E-state index contributed by atoms with van der Waals surface area (Å²) in [5, 5.41) is 5.78. The fraction of sp³-hybridized carbons (Fsp3) is 0.217. The SMILES string of the molecule is O=C(C(c1ccccc1)n1ccc2[nH][nH]c(=O)c2c1=S)N1CCN(c2ccccn2)CC1. The van der Waals surface area contributed by atoms with Gasteiger partial charge in [-0.25, -0.2) is 4.98 Å². The second-order valence-corrected chi connectivity index (χ2v) is 8.10. The molecule has 1 aromatic carbocycles. The van der Waals surface area contributed by atoms with Crippen molar-refractivity contribution in [3.05, 3.63) is 87.5 Å². The molecule has 1 aliphatic rings. The largest absolute Gasteiger partial charge is 0.353 e. The lowest BCUT2D eigenvalue weighted by molar-refractivity contribution is -0.133. The van der Waals surface area contributed by atoms with Crippen LogP contribution in [0.1, 0.15) is 11.6 Å². The van der Waals surface area contributed by atoms with Crippen LogP contribution in [0.5, 0.6) is 0 Å². The van der Waals surface area contributed by atoms with Gasteiger partial charge in [0.15, 0.2) is 0 Å². The summed E-state index contributed by atoms with van der Waals surface area (Å²) in [5.41, 5.74) is 1.16. The Kier molecular flexibility index (Phi) is 5.32. The van der Waals surface area contributed by atoms with E-state index in [1.807, 2.05) is 53.4 Å². The number of amides is 1. The predicted molar refractivity (Wildman–Crippen MR) is 125 cm³/mol. The molecular weight excluding hydrogens is 424 g/mol. The molecule has 1 aliphatic heterocycles. The van der Waals surface area contributed by atoms with Crippen molar-refractivity contribution in [2.24, 2.45) is 0 Å². The first kappa shape index (κ1) is 20.2. The minimum Gasteiger partial charge on any atom is -0.353 e. The van der Waals surface area contributed by atoms with E-state index >= 15 is 0 Å². The van der Waals surface area contributed by atoms with Gasteiger partial charge in [-0.05, 0) is 23.8 Å². The maximum absolute atomic E-state index is 13.8. The fourth-order valence-corrected chi connectivity index (χ4v) is 4.56. The molecule has 0 saturated carbocycles. The molecular formula is C23H22N6O2S. The zero-order valence-electron chi connectivity index (χ0n) is 17.3. The number of hydrogen-bond acceptors (Lipinski definition) is 5. The Balaban J connectivity index is 1.48. The van der Waals surface area contributed by atoms with Crippen molar-refractivity contribution >= 4 is 34.8 Å². The number of carbonyl (C=O) groups is 1. The standard InChI is InChI=1S/C23H22N6O2S/c30-21-19-17(25-26-21)9-11-29(23(19)32)20(16-6-2-1-3-7-16)22(31)28-14-12-27(13-15-28)18-8-4-5-10-24-18/h1-11,20H,12-15H2,(H2,25,26,30). The molecule has 5 rings (SSSR count). The molecule has 1 fully saturated rings. The molecule has 1 atom stereocenters. The van der Waals surface area contributed by atoms with E-state index in [-0.39, 0.29) is 11.5 Å². The van der Waals surface area contributed by atoms with E-state index in [0.717, 1.165) is 11.4 Å².